The molecule has 2 aliphatic carbocycles. The molecule has 1 aromatic heterocycles. The van der Waals surface area contributed by atoms with Crippen LogP contribution in [0.5, 0.6) is 17.2 Å². The Bertz CT molecular complexity index is 2450. The van der Waals surface area contributed by atoms with E-state index in [0.717, 1.165) is 4.90 Å². The minimum Gasteiger partial charge on any atom is -0.508 e. The van der Waals surface area contributed by atoms with Gasteiger partial charge in [-0.25, -0.2) is 4.98 Å². The van der Waals surface area contributed by atoms with Crippen LogP contribution in [0.15, 0.2) is 84.6 Å². The number of halogens is 5. The van der Waals surface area contributed by atoms with Crippen molar-refractivity contribution >= 4 is 70.9 Å². The fourth-order valence-corrected chi connectivity index (χ4v) is 9.72. The van der Waals surface area contributed by atoms with Gasteiger partial charge in [0.25, 0.3) is 11.8 Å². The van der Waals surface area contributed by atoms with Crippen molar-refractivity contribution in [1.29, 1.82) is 0 Å². The number of allylic oxidation sites excluding steroid dienone is 2. The predicted octanol–water partition coefficient (Wildman–Crippen LogP) is 5.00. The molecule has 2 saturated heterocycles. The van der Waals surface area contributed by atoms with Gasteiger partial charge in [0.2, 0.25) is 11.8 Å². The Morgan fingerprint density at radius 1 is 0.915 bits per heavy atom. The number of phenolic OH excluding ortho intramolecular Hbond substituents is 1. The summed E-state index contributed by atoms with van der Waals surface area (Å²) in [4.78, 5) is 64.2. The molecular formula is C40H32BCl2F3N4O9. The van der Waals surface area contributed by atoms with E-state index in [0.29, 0.717) is 33.4 Å². The van der Waals surface area contributed by atoms with Crippen molar-refractivity contribution < 1.29 is 57.0 Å². The Labute approximate surface area is 344 Å². The van der Waals surface area contributed by atoms with Gasteiger partial charge < -0.3 is 24.6 Å². The maximum absolute atomic E-state index is 15.5. The van der Waals surface area contributed by atoms with Gasteiger partial charge in [-0.15, -0.1) is 0 Å². The zero-order valence-corrected chi connectivity index (χ0v) is 32.4. The van der Waals surface area contributed by atoms with Crippen molar-refractivity contribution in [2.45, 2.75) is 30.4 Å². The summed E-state index contributed by atoms with van der Waals surface area (Å²) in [7, 11) is 0.777. The number of pyridine rings is 1. The molecule has 19 heteroatoms. The summed E-state index contributed by atoms with van der Waals surface area (Å²) in [5.41, 5.74) is 0.631. The molecule has 13 nitrogen and oxygen atoms in total. The zero-order valence-electron chi connectivity index (χ0n) is 30.9. The monoisotopic (exact) mass is 850 g/mol. The molecule has 4 N–H and O–H groups in total. The highest BCUT2D eigenvalue weighted by atomic mass is 35.5. The van der Waals surface area contributed by atoms with E-state index in [1.807, 2.05) is 0 Å². The second-order valence-electron chi connectivity index (χ2n) is 14.7. The van der Waals surface area contributed by atoms with Crippen LogP contribution in [-0.2, 0) is 30.8 Å². The first-order valence-electron chi connectivity index (χ1n) is 18.1. The van der Waals surface area contributed by atoms with E-state index in [9.17, 15) is 37.9 Å². The molecule has 4 aliphatic rings. The number of hydrogen-bond donors (Lipinski definition) is 4. The number of amides is 4. The van der Waals surface area contributed by atoms with E-state index >= 15 is 9.59 Å². The van der Waals surface area contributed by atoms with Crippen LogP contribution in [0.1, 0.15) is 35.4 Å². The average molecular weight is 851 g/mol. The number of alkyl halides is 3. The number of nitrogens with one attached hydrogen (secondary N) is 1. The van der Waals surface area contributed by atoms with E-state index in [4.69, 9.17) is 32.7 Å². The molecule has 0 bridgehead atoms. The molecule has 3 heterocycles. The van der Waals surface area contributed by atoms with Gasteiger partial charge >= 0.3 is 13.3 Å². The summed E-state index contributed by atoms with van der Waals surface area (Å²) < 4.78 is 52.3. The van der Waals surface area contributed by atoms with Crippen LogP contribution >= 0.6 is 23.2 Å². The Kier molecular flexibility index (Phi) is 9.93. The van der Waals surface area contributed by atoms with Crippen LogP contribution in [0, 0.1) is 23.7 Å². The molecular weight excluding hydrogens is 819 g/mol. The summed E-state index contributed by atoms with van der Waals surface area (Å²) in [5.74, 6) is -8.88. The largest absolute Gasteiger partial charge is 0.508 e. The molecule has 6 unspecified atom stereocenters. The van der Waals surface area contributed by atoms with E-state index in [1.54, 1.807) is 18.2 Å². The minimum absolute atomic E-state index is 0.0235. The molecule has 0 spiro atoms. The molecule has 3 aromatic carbocycles. The number of benzene rings is 3. The summed E-state index contributed by atoms with van der Waals surface area (Å²) in [6.07, 6.45) is -2.68. The first-order chi connectivity index (χ1) is 28.0. The van der Waals surface area contributed by atoms with Crippen LogP contribution < -0.4 is 25.3 Å². The Balaban J connectivity index is 1.35. The highest BCUT2D eigenvalue weighted by Crippen LogP contribution is 2.66. The van der Waals surface area contributed by atoms with Gasteiger partial charge in [-0.3, -0.25) is 29.5 Å². The molecule has 1 saturated carbocycles. The molecule has 2 aliphatic heterocycles. The quantitative estimate of drug-likeness (QED) is 0.107. The number of carbonyl (C=O) groups excluding carboxylic acids is 4. The third-order valence-electron chi connectivity index (χ3n) is 11.8. The lowest BCUT2D eigenvalue weighted by Crippen LogP contribution is -2.53. The summed E-state index contributed by atoms with van der Waals surface area (Å²) >= 11 is 12.6. The van der Waals surface area contributed by atoms with Crippen molar-refractivity contribution in [3.05, 3.63) is 111 Å². The maximum Gasteiger partial charge on any atom is 0.488 e. The Hall–Kier alpha value is -5.62. The Morgan fingerprint density at radius 2 is 1.59 bits per heavy atom. The maximum atomic E-state index is 15.5. The predicted molar refractivity (Wildman–Crippen MR) is 207 cm³/mol. The fourth-order valence-electron chi connectivity index (χ4n) is 9.39. The number of hydrazine groups is 1. The summed E-state index contributed by atoms with van der Waals surface area (Å²) in [5, 5.41) is 30.9. The lowest BCUT2D eigenvalue weighted by molar-refractivity contribution is -0.139. The Morgan fingerprint density at radius 3 is 2.20 bits per heavy atom. The summed E-state index contributed by atoms with van der Waals surface area (Å²) in [6.45, 7) is 0. The standard InChI is InChI=1S/C40H32BCl2F3N4O9/c1-58-29-14-23(51)15-30(59-2)32(29)33-24-10-11-25-31(37(54)49(35(25)52)22-5-3-4-20(13-22)41(56)57)26(24)16-27-36(53)50(38(55)39(27,33)18-6-8-21(42)9-7-18)48-34-28(43)12-19(17-47-34)40(44,45)46/h3-10,12-15,17,25-27,31,33,51,56-57H,11,16H2,1-2H3,(H,47,48). The van der Waals surface area contributed by atoms with Crippen molar-refractivity contribution in [3.63, 3.8) is 0 Å². The SMILES string of the molecule is COc1cc(O)cc(OC)c1C1C2=CCC3C(=O)N(c4cccc(B(O)O)c4)C(=O)C3C2CC2C(=O)N(Nc3ncc(C(F)(F)F)cc3Cl)C(=O)C21c1ccc(Cl)cc1. The van der Waals surface area contributed by atoms with E-state index in [2.05, 4.69) is 10.4 Å². The van der Waals surface area contributed by atoms with Crippen molar-refractivity contribution in [3.8, 4) is 17.2 Å². The smallest absolute Gasteiger partial charge is 0.488 e. The molecule has 8 rings (SSSR count). The molecule has 3 fully saturated rings. The first-order valence-corrected chi connectivity index (χ1v) is 18.9. The van der Waals surface area contributed by atoms with Crippen molar-refractivity contribution in [1.82, 2.24) is 9.99 Å². The normalized spacial score (nSPS) is 25.0. The molecule has 4 aromatic rings. The van der Waals surface area contributed by atoms with Gasteiger partial charge in [-0.05, 0) is 60.1 Å². The first kappa shape index (κ1) is 40.2. The van der Waals surface area contributed by atoms with Crippen LogP contribution in [0.25, 0.3) is 0 Å². The molecule has 0 radical (unpaired) electrons. The second kappa shape index (κ2) is 14.6. The third-order valence-corrected chi connectivity index (χ3v) is 12.3. The lowest BCUT2D eigenvalue weighted by Gasteiger charge is -2.51. The molecule has 59 heavy (non-hydrogen) atoms. The highest BCUT2D eigenvalue weighted by Gasteiger charge is 2.71. The number of phenols is 1. The molecule has 304 valence electrons. The number of aromatic hydroxyl groups is 1. The van der Waals surface area contributed by atoms with Gasteiger partial charge in [0.15, 0.2) is 5.82 Å². The topological polar surface area (TPSA) is 179 Å². The summed E-state index contributed by atoms with van der Waals surface area (Å²) in [6, 6.07) is 15.1. The van der Waals surface area contributed by atoms with Gasteiger partial charge in [0.05, 0.1) is 53.7 Å². The number of fused-ring (bicyclic) bond motifs is 4. The molecule has 6 atom stereocenters. The van der Waals surface area contributed by atoms with E-state index in [1.165, 1.54) is 62.8 Å². The lowest BCUT2D eigenvalue weighted by atomic mass is 9.49. The second-order valence-corrected chi connectivity index (χ2v) is 15.5. The number of methoxy groups -OCH3 is 2. The van der Waals surface area contributed by atoms with Gasteiger partial charge in [0, 0.05) is 34.8 Å². The van der Waals surface area contributed by atoms with Crippen LogP contribution in [0.2, 0.25) is 10.0 Å². The number of anilines is 2. The number of carbonyl (C=O) groups is 4. The number of imide groups is 2. The number of nitrogens with zero attached hydrogens (tertiary/aromatic N) is 3. The van der Waals surface area contributed by atoms with Crippen LogP contribution in [-0.4, -0.2) is 70.1 Å². The zero-order chi connectivity index (χ0) is 42.3. The van der Waals surface area contributed by atoms with Gasteiger partial charge in [-0.2, -0.15) is 18.2 Å². The fraction of sp³-hybridized carbons (Fsp3) is 0.275. The van der Waals surface area contributed by atoms with E-state index in [-0.39, 0.29) is 46.8 Å². The number of ether oxygens (including phenoxy) is 2. The number of rotatable bonds is 8. The average Bonchev–Trinajstić information content (AvgIpc) is 3.58. The number of aromatic nitrogens is 1. The van der Waals surface area contributed by atoms with Crippen LogP contribution in [0.4, 0.5) is 24.7 Å². The van der Waals surface area contributed by atoms with E-state index < -0.39 is 88.3 Å². The molecule has 4 amide bonds. The highest BCUT2D eigenvalue weighted by molar-refractivity contribution is 6.58. The minimum atomic E-state index is -4.79. The van der Waals surface area contributed by atoms with Gasteiger partial charge in [0.1, 0.15) is 17.2 Å². The van der Waals surface area contributed by atoms with Crippen LogP contribution in [0.3, 0.4) is 0 Å². The third kappa shape index (κ3) is 6.21. The van der Waals surface area contributed by atoms with Crippen molar-refractivity contribution in [2.75, 3.05) is 24.5 Å². The number of hydrogen-bond acceptors (Lipinski definition) is 11. The van der Waals surface area contributed by atoms with Crippen molar-refractivity contribution in [2.24, 2.45) is 23.7 Å². The van der Waals surface area contributed by atoms with Gasteiger partial charge in [-0.1, -0.05) is 59.1 Å².